The van der Waals surface area contributed by atoms with Crippen LogP contribution in [0, 0.1) is 0 Å². The van der Waals surface area contributed by atoms with Crippen molar-refractivity contribution in [1.29, 1.82) is 0 Å². The first-order valence-electron chi connectivity index (χ1n) is 4.60. The second-order valence-corrected chi connectivity index (χ2v) is 4.65. The largest absolute Gasteiger partial charge is 0.508 e. The highest BCUT2D eigenvalue weighted by Crippen LogP contribution is 2.37. The molecule has 1 aromatic carbocycles. The molecule has 0 aliphatic heterocycles. The van der Waals surface area contributed by atoms with Crippen LogP contribution in [-0.2, 0) is 0 Å². The van der Waals surface area contributed by atoms with E-state index in [4.69, 9.17) is 0 Å². The maximum Gasteiger partial charge on any atom is 0.268 e. The molecule has 1 fully saturated rings. The number of rotatable bonds is 1. The maximum atomic E-state index is 11.8. The number of aromatic nitrogens is 1. The lowest BCUT2D eigenvalue weighted by Gasteiger charge is -1.90. The first-order valence-corrected chi connectivity index (χ1v) is 5.37. The minimum atomic E-state index is 0.0903. The first kappa shape index (κ1) is 8.05. The Labute approximate surface area is 84.4 Å². The number of nitrogens with zero attached hydrogens (tertiary/aromatic N) is 1. The van der Waals surface area contributed by atoms with Crippen LogP contribution in [0.15, 0.2) is 23.0 Å². The van der Waals surface area contributed by atoms with E-state index >= 15 is 0 Å². The molecule has 0 saturated heterocycles. The summed E-state index contributed by atoms with van der Waals surface area (Å²) in [4.78, 5) is 11.8. The lowest BCUT2D eigenvalue weighted by atomic mass is 10.3. The molecule has 1 saturated carbocycles. The average Bonchev–Trinajstić information content (AvgIpc) is 2.93. The Morgan fingerprint density at radius 2 is 2.21 bits per heavy atom. The Morgan fingerprint density at radius 1 is 1.43 bits per heavy atom. The summed E-state index contributed by atoms with van der Waals surface area (Å²) in [5.41, 5.74) is 0.0903. The predicted molar refractivity (Wildman–Crippen MR) is 56.0 cm³/mol. The lowest BCUT2D eigenvalue weighted by Crippen LogP contribution is -2.10. The van der Waals surface area contributed by atoms with Crippen molar-refractivity contribution in [3.05, 3.63) is 28.6 Å². The molecule has 2 aromatic rings. The highest BCUT2D eigenvalue weighted by atomic mass is 32.1. The minimum Gasteiger partial charge on any atom is -0.508 e. The molecule has 0 amide bonds. The molecule has 72 valence electrons. The number of hydrogen-bond acceptors (Lipinski definition) is 3. The van der Waals surface area contributed by atoms with Gasteiger partial charge in [0.15, 0.2) is 0 Å². The topological polar surface area (TPSA) is 42.2 Å². The molecule has 1 aliphatic rings. The van der Waals surface area contributed by atoms with Crippen LogP contribution in [-0.4, -0.2) is 9.06 Å². The molecule has 0 unspecified atom stereocenters. The highest BCUT2D eigenvalue weighted by Gasteiger charge is 2.26. The second kappa shape index (κ2) is 2.60. The number of phenolic OH excluding ortho intramolecular Hbond substituents is 1. The van der Waals surface area contributed by atoms with Crippen LogP contribution in [0.1, 0.15) is 18.9 Å². The van der Waals surface area contributed by atoms with Crippen LogP contribution in [0.2, 0.25) is 0 Å². The van der Waals surface area contributed by atoms with E-state index in [-0.39, 0.29) is 11.3 Å². The summed E-state index contributed by atoms with van der Waals surface area (Å²) in [6.07, 6.45) is 2.22. The van der Waals surface area contributed by atoms with Crippen LogP contribution in [0.3, 0.4) is 0 Å². The van der Waals surface area contributed by atoms with E-state index in [9.17, 15) is 9.90 Å². The number of fused-ring (bicyclic) bond motifs is 1. The molecule has 3 rings (SSSR count). The summed E-state index contributed by atoms with van der Waals surface area (Å²) in [7, 11) is 0. The molecular weight excluding hydrogens is 198 g/mol. The number of aromatic hydroxyl groups is 1. The summed E-state index contributed by atoms with van der Waals surface area (Å²) in [5.74, 6) is 0.224. The van der Waals surface area contributed by atoms with E-state index in [0.717, 1.165) is 22.9 Å². The standard InChI is InChI=1S/C10H9NO2S/c12-7-3-4-8-9(5-7)14-11(10(8)13)6-1-2-6/h3-6,12H,1-2H2. The van der Waals surface area contributed by atoms with E-state index in [2.05, 4.69) is 0 Å². The summed E-state index contributed by atoms with van der Waals surface area (Å²) < 4.78 is 2.70. The van der Waals surface area contributed by atoms with Gasteiger partial charge in [0.25, 0.3) is 5.56 Å². The summed E-state index contributed by atoms with van der Waals surface area (Å²) >= 11 is 1.45. The SMILES string of the molecule is O=c1c2ccc(O)cc2sn1C1CC1. The van der Waals surface area contributed by atoms with Gasteiger partial charge in [0, 0.05) is 6.04 Å². The number of benzene rings is 1. The Hall–Kier alpha value is -1.29. The molecule has 1 aliphatic carbocycles. The maximum absolute atomic E-state index is 11.8. The smallest absolute Gasteiger partial charge is 0.268 e. The van der Waals surface area contributed by atoms with Crippen molar-refractivity contribution in [3.8, 4) is 5.75 Å². The number of hydrogen-bond donors (Lipinski definition) is 1. The zero-order valence-corrected chi connectivity index (χ0v) is 8.25. The molecule has 1 N–H and O–H groups in total. The zero-order chi connectivity index (χ0) is 9.71. The van der Waals surface area contributed by atoms with Crippen LogP contribution in [0.25, 0.3) is 10.1 Å². The van der Waals surface area contributed by atoms with Crippen molar-refractivity contribution in [2.24, 2.45) is 0 Å². The monoisotopic (exact) mass is 207 g/mol. The molecule has 0 bridgehead atoms. The van der Waals surface area contributed by atoms with Crippen molar-refractivity contribution in [1.82, 2.24) is 3.96 Å². The molecule has 14 heavy (non-hydrogen) atoms. The fourth-order valence-corrected chi connectivity index (χ4v) is 2.76. The van der Waals surface area contributed by atoms with Crippen LogP contribution in [0.4, 0.5) is 0 Å². The third-order valence-electron chi connectivity index (χ3n) is 2.47. The van der Waals surface area contributed by atoms with Crippen molar-refractivity contribution in [2.45, 2.75) is 18.9 Å². The van der Waals surface area contributed by atoms with Gasteiger partial charge in [-0.3, -0.25) is 8.75 Å². The summed E-state index contributed by atoms with van der Waals surface area (Å²) in [6, 6.07) is 5.33. The van der Waals surface area contributed by atoms with Gasteiger partial charge >= 0.3 is 0 Å². The van der Waals surface area contributed by atoms with Gasteiger partial charge in [-0.1, -0.05) is 11.5 Å². The molecule has 0 atom stereocenters. The lowest BCUT2D eigenvalue weighted by molar-refractivity contribution is 0.476. The molecule has 0 spiro atoms. The normalized spacial score (nSPS) is 16.3. The Morgan fingerprint density at radius 3 is 2.93 bits per heavy atom. The van der Waals surface area contributed by atoms with Crippen molar-refractivity contribution in [2.75, 3.05) is 0 Å². The molecule has 0 radical (unpaired) electrons. The van der Waals surface area contributed by atoms with Crippen molar-refractivity contribution >= 4 is 21.6 Å². The highest BCUT2D eigenvalue weighted by molar-refractivity contribution is 7.13. The first-order chi connectivity index (χ1) is 6.75. The second-order valence-electron chi connectivity index (χ2n) is 3.63. The fraction of sp³-hybridized carbons (Fsp3) is 0.300. The van der Waals surface area contributed by atoms with Gasteiger partial charge in [-0.15, -0.1) is 0 Å². The van der Waals surface area contributed by atoms with Crippen LogP contribution >= 0.6 is 11.5 Å². The summed E-state index contributed by atoms with van der Waals surface area (Å²) in [6.45, 7) is 0. The van der Waals surface area contributed by atoms with Gasteiger partial charge in [0.2, 0.25) is 0 Å². The van der Waals surface area contributed by atoms with E-state index in [1.807, 2.05) is 3.96 Å². The van der Waals surface area contributed by atoms with E-state index in [0.29, 0.717) is 6.04 Å². The quantitative estimate of drug-likeness (QED) is 0.778. The molecule has 1 heterocycles. The predicted octanol–water partition coefficient (Wildman–Crippen LogP) is 2.10. The minimum absolute atomic E-state index is 0.0903. The molecule has 1 aromatic heterocycles. The Kier molecular flexibility index (Phi) is 1.50. The van der Waals surface area contributed by atoms with Crippen LogP contribution < -0.4 is 5.56 Å². The number of phenols is 1. The van der Waals surface area contributed by atoms with Gasteiger partial charge in [-0.25, -0.2) is 0 Å². The molecule has 3 nitrogen and oxygen atoms in total. The summed E-state index contributed by atoms with van der Waals surface area (Å²) in [5, 5.41) is 10.0. The van der Waals surface area contributed by atoms with Gasteiger partial charge in [0.05, 0.1) is 10.1 Å². The van der Waals surface area contributed by atoms with Gasteiger partial charge in [0.1, 0.15) is 5.75 Å². The van der Waals surface area contributed by atoms with Crippen molar-refractivity contribution in [3.63, 3.8) is 0 Å². The average molecular weight is 207 g/mol. The van der Waals surface area contributed by atoms with Gasteiger partial charge in [-0.2, -0.15) is 0 Å². The third kappa shape index (κ3) is 1.07. The van der Waals surface area contributed by atoms with Gasteiger partial charge < -0.3 is 5.11 Å². The fourth-order valence-electron chi connectivity index (χ4n) is 1.58. The Bertz CT molecular complexity index is 551. The van der Waals surface area contributed by atoms with Gasteiger partial charge in [-0.05, 0) is 31.0 Å². The van der Waals surface area contributed by atoms with E-state index in [1.54, 1.807) is 18.2 Å². The molecule has 4 heteroatoms. The third-order valence-corrected chi connectivity index (χ3v) is 3.67. The van der Waals surface area contributed by atoms with E-state index in [1.165, 1.54) is 11.5 Å². The van der Waals surface area contributed by atoms with Crippen LogP contribution in [0.5, 0.6) is 5.75 Å². The molecular formula is C10H9NO2S. The zero-order valence-electron chi connectivity index (χ0n) is 7.43. The van der Waals surface area contributed by atoms with E-state index < -0.39 is 0 Å². The Balaban J connectivity index is 2.34. The van der Waals surface area contributed by atoms with Crippen molar-refractivity contribution < 1.29 is 5.11 Å².